The van der Waals surface area contributed by atoms with Gasteiger partial charge in [-0.25, -0.2) is 13.4 Å². The molecule has 2 aromatic rings. The average Bonchev–Trinajstić information content (AvgIpc) is 3.18. The van der Waals surface area contributed by atoms with Crippen LogP contribution in [0.4, 0.5) is 0 Å². The van der Waals surface area contributed by atoms with Gasteiger partial charge in [-0.05, 0) is 30.0 Å². The molecule has 0 spiro atoms. The topological polar surface area (TPSA) is 88.6 Å². The molecule has 7 heteroatoms. The van der Waals surface area contributed by atoms with Gasteiger partial charge in [0.05, 0.1) is 5.75 Å². The van der Waals surface area contributed by atoms with E-state index in [4.69, 9.17) is 0 Å². The molecule has 0 unspecified atom stereocenters. The van der Waals surface area contributed by atoms with Crippen molar-refractivity contribution in [3.63, 3.8) is 0 Å². The molecular formula is C15H20N4O2S. The number of sulfone groups is 1. The number of aromatic amines is 1. The highest BCUT2D eigenvalue weighted by atomic mass is 32.2. The summed E-state index contributed by atoms with van der Waals surface area (Å²) in [4.78, 5) is 8.05. The molecule has 3 rings (SSSR count). The van der Waals surface area contributed by atoms with Crippen LogP contribution in [-0.4, -0.2) is 28.6 Å². The Kier molecular flexibility index (Phi) is 4.52. The van der Waals surface area contributed by atoms with Crippen molar-refractivity contribution >= 4 is 9.84 Å². The first-order chi connectivity index (χ1) is 10.6. The first-order valence-electron chi connectivity index (χ1n) is 7.66. The van der Waals surface area contributed by atoms with E-state index in [9.17, 15) is 8.42 Å². The fourth-order valence-corrected chi connectivity index (χ4v) is 4.13. The Morgan fingerprint density at radius 1 is 1.18 bits per heavy atom. The third-order valence-corrected chi connectivity index (χ3v) is 5.61. The molecule has 2 aromatic heterocycles. The molecule has 1 aliphatic rings. The second kappa shape index (κ2) is 6.56. The number of aryl methyl sites for hydroxylation is 1. The second-order valence-corrected chi connectivity index (χ2v) is 7.75. The second-order valence-electron chi connectivity index (χ2n) is 5.87. The van der Waals surface area contributed by atoms with Crippen molar-refractivity contribution in [3.8, 4) is 0 Å². The fourth-order valence-electron chi connectivity index (χ4n) is 2.93. The van der Waals surface area contributed by atoms with Crippen molar-refractivity contribution < 1.29 is 8.42 Å². The van der Waals surface area contributed by atoms with E-state index in [-0.39, 0.29) is 10.9 Å². The third-order valence-electron chi connectivity index (χ3n) is 4.16. The Morgan fingerprint density at radius 2 is 1.91 bits per heavy atom. The highest BCUT2D eigenvalue weighted by molar-refractivity contribution is 7.90. The van der Waals surface area contributed by atoms with Crippen LogP contribution in [0.5, 0.6) is 0 Å². The summed E-state index contributed by atoms with van der Waals surface area (Å²) in [5.41, 5.74) is 0.687. The predicted molar refractivity (Wildman–Crippen MR) is 81.8 cm³/mol. The van der Waals surface area contributed by atoms with Crippen LogP contribution in [0.2, 0.25) is 0 Å². The van der Waals surface area contributed by atoms with Crippen molar-refractivity contribution in [2.75, 3.05) is 0 Å². The summed E-state index contributed by atoms with van der Waals surface area (Å²) in [6.07, 6.45) is 10.2. The minimum Gasteiger partial charge on any atom is -0.265 e. The summed E-state index contributed by atoms with van der Waals surface area (Å²) in [5.74, 6) is 1.32. The number of rotatable bonds is 6. The molecule has 118 valence electrons. The Balaban J connectivity index is 1.64. The number of nitrogens with zero attached hydrogens (tertiary/aromatic N) is 3. The van der Waals surface area contributed by atoms with Gasteiger partial charge in [-0.1, -0.05) is 25.7 Å². The maximum Gasteiger partial charge on any atom is 0.267 e. The van der Waals surface area contributed by atoms with Crippen LogP contribution in [0, 0.1) is 5.92 Å². The van der Waals surface area contributed by atoms with Gasteiger partial charge in [0.2, 0.25) is 9.84 Å². The highest BCUT2D eigenvalue weighted by Crippen LogP contribution is 2.28. The first-order valence-corrected chi connectivity index (χ1v) is 9.32. The Hall–Kier alpha value is -1.76. The lowest BCUT2D eigenvalue weighted by Crippen LogP contribution is -2.07. The number of nitrogens with one attached hydrogen (secondary N) is 1. The van der Waals surface area contributed by atoms with E-state index in [1.807, 2.05) is 0 Å². The van der Waals surface area contributed by atoms with Crippen LogP contribution in [0.3, 0.4) is 0 Å². The molecule has 2 heterocycles. The molecule has 1 fully saturated rings. The molecule has 6 nitrogen and oxygen atoms in total. The lowest BCUT2D eigenvalue weighted by Gasteiger charge is -2.05. The van der Waals surface area contributed by atoms with Gasteiger partial charge < -0.3 is 0 Å². The van der Waals surface area contributed by atoms with Gasteiger partial charge in [0, 0.05) is 18.8 Å². The van der Waals surface area contributed by atoms with Crippen LogP contribution in [0.15, 0.2) is 29.7 Å². The molecule has 1 saturated carbocycles. The number of H-pyrrole nitrogens is 1. The van der Waals surface area contributed by atoms with Crippen molar-refractivity contribution in [1.29, 1.82) is 0 Å². The molecule has 1 N–H and O–H groups in total. The van der Waals surface area contributed by atoms with Crippen LogP contribution in [0.25, 0.3) is 0 Å². The van der Waals surface area contributed by atoms with E-state index < -0.39 is 9.84 Å². The SMILES string of the molecule is O=S(=O)(Cc1ccncc1)c1n[nH]c(CCC2CCCC2)n1. The van der Waals surface area contributed by atoms with Crippen LogP contribution >= 0.6 is 0 Å². The predicted octanol–water partition coefficient (Wildman–Crippen LogP) is 2.30. The average molecular weight is 320 g/mol. The maximum atomic E-state index is 12.3. The molecular weight excluding hydrogens is 300 g/mol. The standard InChI is InChI=1S/C15H20N4O2S/c20-22(21,11-13-7-9-16-10-8-13)15-17-14(18-19-15)6-5-12-3-1-2-4-12/h7-10,12H,1-6,11H2,(H,17,18,19). The summed E-state index contributed by atoms with van der Waals surface area (Å²) in [6.45, 7) is 0. The monoisotopic (exact) mass is 320 g/mol. The molecule has 0 atom stereocenters. The van der Waals surface area contributed by atoms with E-state index in [1.54, 1.807) is 24.5 Å². The number of hydrogen-bond donors (Lipinski definition) is 1. The molecule has 0 aromatic carbocycles. The molecule has 0 amide bonds. The normalized spacial score (nSPS) is 16.2. The summed E-state index contributed by atoms with van der Waals surface area (Å²) >= 11 is 0. The van der Waals surface area contributed by atoms with E-state index in [2.05, 4.69) is 20.2 Å². The third kappa shape index (κ3) is 3.71. The number of hydrogen-bond acceptors (Lipinski definition) is 5. The van der Waals surface area contributed by atoms with Crippen molar-refractivity contribution in [2.24, 2.45) is 5.92 Å². The molecule has 0 aliphatic heterocycles. The van der Waals surface area contributed by atoms with E-state index in [0.717, 1.165) is 18.8 Å². The molecule has 0 saturated heterocycles. The maximum absolute atomic E-state index is 12.3. The lowest BCUT2D eigenvalue weighted by atomic mass is 10.0. The zero-order chi connectivity index (χ0) is 15.4. The number of pyridine rings is 1. The summed E-state index contributed by atoms with van der Waals surface area (Å²) in [5, 5.41) is 6.55. The van der Waals surface area contributed by atoms with Crippen LogP contribution in [0.1, 0.15) is 43.5 Å². The van der Waals surface area contributed by atoms with Crippen molar-refractivity contribution in [1.82, 2.24) is 20.2 Å². The van der Waals surface area contributed by atoms with Gasteiger partial charge in [0.1, 0.15) is 5.82 Å². The highest BCUT2D eigenvalue weighted by Gasteiger charge is 2.22. The van der Waals surface area contributed by atoms with Gasteiger partial charge in [-0.2, -0.15) is 0 Å². The van der Waals surface area contributed by atoms with E-state index >= 15 is 0 Å². The van der Waals surface area contributed by atoms with Gasteiger partial charge in [-0.3, -0.25) is 10.1 Å². The van der Waals surface area contributed by atoms with Crippen molar-refractivity contribution in [2.45, 2.75) is 49.4 Å². The van der Waals surface area contributed by atoms with E-state index in [0.29, 0.717) is 11.4 Å². The largest absolute Gasteiger partial charge is 0.267 e. The minimum absolute atomic E-state index is 0.102. The summed E-state index contributed by atoms with van der Waals surface area (Å²) in [7, 11) is -3.51. The van der Waals surface area contributed by atoms with Gasteiger partial charge in [-0.15, -0.1) is 5.10 Å². The van der Waals surface area contributed by atoms with Crippen molar-refractivity contribution in [3.05, 3.63) is 35.9 Å². The van der Waals surface area contributed by atoms with Gasteiger partial charge in [0.25, 0.3) is 5.16 Å². The Morgan fingerprint density at radius 3 is 2.64 bits per heavy atom. The van der Waals surface area contributed by atoms with Gasteiger partial charge >= 0.3 is 0 Å². The zero-order valence-electron chi connectivity index (χ0n) is 12.4. The van der Waals surface area contributed by atoms with Crippen LogP contribution in [-0.2, 0) is 22.0 Å². The molecule has 1 aliphatic carbocycles. The lowest BCUT2D eigenvalue weighted by molar-refractivity contribution is 0.497. The quantitative estimate of drug-likeness (QED) is 0.882. The zero-order valence-corrected chi connectivity index (χ0v) is 13.2. The molecule has 22 heavy (non-hydrogen) atoms. The fraction of sp³-hybridized carbons (Fsp3) is 0.533. The Bertz CT molecular complexity index is 706. The van der Waals surface area contributed by atoms with Gasteiger partial charge in [0.15, 0.2) is 0 Å². The van der Waals surface area contributed by atoms with E-state index in [1.165, 1.54) is 25.7 Å². The molecule has 0 bridgehead atoms. The smallest absolute Gasteiger partial charge is 0.265 e. The Labute approximate surface area is 130 Å². The molecule has 0 radical (unpaired) electrons. The van der Waals surface area contributed by atoms with Crippen LogP contribution < -0.4 is 0 Å². The first kappa shape index (κ1) is 15.1. The summed E-state index contributed by atoms with van der Waals surface area (Å²) in [6, 6.07) is 3.37. The minimum atomic E-state index is -3.51. The summed E-state index contributed by atoms with van der Waals surface area (Å²) < 4.78 is 24.6. The number of aromatic nitrogens is 4.